The Morgan fingerprint density at radius 2 is 1.41 bits per heavy atom. The number of hydrogen-bond acceptors (Lipinski definition) is 0. The molecule has 0 aromatic heterocycles. The third kappa shape index (κ3) is 5.21. The Hall–Kier alpha value is -1.04. The van der Waals surface area contributed by atoms with E-state index in [-0.39, 0.29) is 0 Å². The molecule has 1 aromatic rings. The monoisotopic (exact) mass is 234 g/mol. The second kappa shape index (κ2) is 10.1. The molecule has 0 saturated heterocycles. The highest BCUT2D eigenvalue weighted by Crippen LogP contribution is 2.24. The smallest absolute Gasteiger partial charge is 0.0198 e. The number of benzene rings is 1. The molecule has 0 atom stereocenters. The highest BCUT2D eigenvalue weighted by Gasteiger charge is 2.04. The van der Waals surface area contributed by atoms with E-state index in [0.29, 0.717) is 0 Å². The van der Waals surface area contributed by atoms with E-state index < -0.39 is 0 Å². The largest absolute Gasteiger partial charge is 0.0952 e. The zero-order valence-corrected chi connectivity index (χ0v) is 13.1. The first kappa shape index (κ1) is 18.3. The van der Waals surface area contributed by atoms with Crippen molar-refractivity contribution >= 4 is 5.57 Å². The van der Waals surface area contributed by atoms with E-state index in [1.54, 1.807) is 0 Å². The SMILES string of the molecule is C=C(CC)c1ccc(C)c(C)c1C.CC.CC. The van der Waals surface area contributed by atoms with Crippen LogP contribution in [0.3, 0.4) is 0 Å². The van der Waals surface area contributed by atoms with Gasteiger partial charge in [0.25, 0.3) is 0 Å². The van der Waals surface area contributed by atoms with Crippen LogP contribution < -0.4 is 0 Å². The molecule has 1 rings (SSSR count). The van der Waals surface area contributed by atoms with E-state index in [1.807, 2.05) is 27.7 Å². The van der Waals surface area contributed by atoms with Crippen LogP contribution in [0.4, 0.5) is 0 Å². The van der Waals surface area contributed by atoms with Crippen molar-refractivity contribution in [2.75, 3.05) is 0 Å². The number of aryl methyl sites for hydroxylation is 1. The summed E-state index contributed by atoms with van der Waals surface area (Å²) in [5, 5.41) is 0. The number of allylic oxidation sites excluding steroid dienone is 1. The summed E-state index contributed by atoms with van der Waals surface area (Å²) in [5.74, 6) is 0. The van der Waals surface area contributed by atoms with Crippen molar-refractivity contribution in [1.29, 1.82) is 0 Å². The van der Waals surface area contributed by atoms with Gasteiger partial charge in [-0.1, -0.05) is 53.3 Å². The normalized spacial score (nSPS) is 8.47. The van der Waals surface area contributed by atoms with Crippen molar-refractivity contribution in [3.63, 3.8) is 0 Å². The minimum absolute atomic E-state index is 1.03. The topological polar surface area (TPSA) is 0 Å². The lowest BCUT2D eigenvalue weighted by Gasteiger charge is -2.12. The molecule has 0 N–H and O–H groups in total. The molecule has 0 heterocycles. The van der Waals surface area contributed by atoms with Crippen LogP contribution in [-0.2, 0) is 0 Å². The molecule has 0 nitrogen and oxygen atoms in total. The molecule has 98 valence electrons. The first-order valence-corrected chi connectivity index (χ1v) is 6.82. The summed E-state index contributed by atoms with van der Waals surface area (Å²) in [6, 6.07) is 4.36. The van der Waals surface area contributed by atoms with Gasteiger partial charge in [-0.3, -0.25) is 0 Å². The molecule has 0 heteroatoms. The Balaban J connectivity index is 0. The van der Waals surface area contributed by atoms with Gasteiger partial charge in [0, 0.05) is 0 Å². The zero-order chi connectivity index (χ0) is 14.0. The van der Waals surface area contributed by atoms with Gasteiger partial charge in [-0.15, -0.1) is 0 Å². The molecule has 0 radical (unpaired) electrons. The van der Waals surface area contributed by atoms with Gasteiger partial charge >= 0.3 is 0 Å². The van der Waals surface area contributed by atoms with Gasteiger partial charge in [0.1, 0.15) is 0 Å². The second-order valence-electron chi connectivity index (χ2n) is 3.64. The van der Waals surface area contributed by atoms with Crippen molar-refractivity contribution in [1.82, 2.24) is 0 Å². The van der Waals surface area contributed by atoms with E-state index in [4.69, 9.17) is 0 Å². The van der Waals surface area contributed by atoms with E-state index in [1.165, 1.54) is 27.8 Å². The maximum Gasteiger partial charge on any atom is -0.0198 e. The van der Waals surface area contributed by atoms with Gasteiger partial charge in [0.05, 0.1) is 0 Å². The molecule has 1 aromatic carbocycles. The molecule has 0 amide bonds. The molecule has 0 aliphatic rings. The predicted molar refractivity (Wildman–Crippen MR) is 82.7 cm³/mol. The van der Waals surface area contributed by atoms with Crippen LogP contribution in [0.15, 0.2) is 18.7 Å². The maximum atomic E-state index is 4.08. The highest BCUT2D eigenvalue weighted by molar-refractivity contribution is 5.67. The Labute approximate surface area is 109 Å². The van der Waals surface area contributed by atoms with Crippen LogP contribution in [0.1, 0.15) is 63.3 Å². The summed E-state index contributed by atoms with van der Waals surface area (Å²) >= 11 is 0. The molecule has 0 aliphatic carbocycles. The lowest BCUT2D eigenvalue weighted by atomic mass is 9.94. The van der Waals surface area contributed by atoms with E-state index in [9.17, 15) is 0 Å². The second-order valence-corrected chi connectivity index (χ2v) is 3.64. The van der Waals surface area contributed by atoms with Gasteiger partial charge in [-0.25, -0.2) is 0 Å². The van der Waals surface area contributed by atoms with Gasteiger partial charge in [0.15, 0.2) is 0 Å². The quantitative estimate of drug-likeness (QED) is 0.581. The Morgan fingerprint density at radius 1 is 0.941 bits per heavy atom. The van der Waals surface area contributed by atoms with Gasteiger partial charge in [-0.2, -0.15) is 0 Å². The average Bonchev–Trinajstić information content (AvgIpc) is 2.40. The molecule has 0 bridgehead atoms. The summed E-state index contributed by atoms with van der Waals surface area (Å²) in [7, 11) is 0. The van der Waals surface area contributed by atoms with Gasteiger partial charge < -0.3 is 0 Å². The summed E-state index contributed by atoms with van der Waals surface area (Å²) in [4.78, 5) is 0. The molecule has 0 fully saturated rings. The van der Waals surface area contributed by atoms with Crippen molar-refractivity contribution in [2.45, 2.75) is 61.8 Å². The molecule has 0 saturated carbocycles. The number of rotatable bonds is 2. The third-order valence-corrected chi connectivity index (χ3v) is 2.87. The first-order valence-electron chi connectivity index (χ1n) is 6.82. The minimum atomic E-state index is 1.03. The van der Waals surface area contributed by atoms with Crippen molar-refractivity contribution in [2.24, 2.45) is 0 Å². The van der Waals surface area contributed by atoms with Crippen molar-refractivity contribution < 1.29 is 0 Å². The van der Waals surface area contributed by atoms with E-state index >= 15 is 0 Å². The van der Waals surface area contributed by atoms with Crippen LogP contribution in [0.2, 0.25) is 0 Å². The molecule has 17 heavy (non-hydrogen) atoms. The van der Waals surface area contributed by atoms with Gasteiger partial charge in [0.2, 0.25) is 0 Å². The lowest BCUT2D eigenvalue weighted by Crippen LogP contribution is -1.92. The van der Waals surface area contributed by atoms with E-state index in [2.05, 4.69) is 46.4 Å². The summed E-state index contributed by atoms with van der Waals surface area (Å²) in [6.45, 7) is 20.7. The molecule has 0 unspecified atom stereocenters. The summed E-state index contributed by atoms with van der Waals surface area (Å²) < 4.78 is 0. The Kier molecular flexibility index (Phi) is 10.9. The van der Waals surface area contributed by atoms with Gasteiger partial charge in [-0.05, 0) is 55.0 Å². The lowest BCUT2D eigenvalue weighted by molar-refractivity contribution is 1.20. The zero-order valence-electron chi connectivity index (χ0n) is 13.1. The average molecular weight is 234 g/mol. The van der Waals surface area contributed by atoms with Crippen LogP contribution in [0, 0.1) is 20.8 Å². The first-order chi connectivity index (χ1) is 8.07. The van der Waals surface area contributed by atoms with Crippen molar-refractivity contribution in [3.05, 3.63) is 41.0 Å². The van der Waals surface area contributed by atoms with E-state index in [0.717, 1.165) is 6.42 Å². The minimum Gasteiger partial charge on any atom is -0.0952 e. The van der Waals surface area contributed by atoms with Crippen LogP contribution >= 0.6 is 0 Å². The highest BCUT2D eigenvalue weighted by atomic mass is 14.1. The standard InChI is InChI=1S/C13H18.2C2H6/c1-6-9(2)13-8-7-10(3)11(4)12(13)5;2*1-2/h7-8H,2,6H2,1,3-5H3;2*1-2H3. The fourth-order valence-electron chi connectivity index (χ4n) is 1.53. The fraction of sp³-hybridized carbons (Fsp3) is 0.529. The van der Waals surface area contributed by atoms with Crippen LogP contribution in [0.25, 0.3) is 5.57 Å². The summed E-state index contributed by atoms with van der Waals surface area (Å²) in [6.07, 6.45) is 1.03. The molecule has 0 spiro atoms. The molecule has 0 aliphatic heterocycles. The Morgan fingerprint density at radius 3 is 1.82 bits per heavy atom. The van der Waals surface area contributed by atoms with Crippen LogP contribution in [0.5, 0.6) is 0 Å². The van der Waals surface area contributed by atoms with Crippen molar-refractivity contribution in [3.8, 4) is 0 Å². The number of hydrogen-bond donors (Lipinski definition) is 0. The third-order valence-electron chi connectivity index (χ3n) is 2.87. The maximum absolute atomic E-state index is 4.08. The predicted octanol–water partition coefficient (Wildman–Crippen LogP) is 6.09. The molecular weight excluding hydrogens is 204 g/mol. The fourth-order valence-corrected chi connectivity index (χ4v) is 1.53. The Bertz CT molecular complexity index is 332. The molecular formula is C17H30. The summed E-state index contributed by atoms with van der Waals surface area (Å²) in [5.41, 5.74) is 6.70. The van der Waals surface area contributed by atoms with Crippen LogP contribution in [-0.4, -0.2) is 0 Å².